The summed E-state index contributed by atoms with van der Waals surface area (Å²) in [5, 5.41) is 0. The zero-order valence-electron chi connectivity index (χ0n) is 10.6. The van der Waals surface area contributed by atoms with Crippen LogP contribution in [0.4, 0.5) is 4.79 Å². The molecule has 0 atom stereocenters. The molecule has 0 radical (unpaired) electrons. The average Bonchev–Trinajstić information content (AvgIpc) is 2.36. The van der Waals surface area contributed by atoms with Crippen LogP contribution in [0.25, 0.3) is 0 Å². The zero-order valence-corrected chi connectivity index (χ0v) is 10.6. The third-order valence-electron chi connectivity index (χ3n) is 5.34. The molecule has 6 aliphatic rings. The van der Waals surface area contributed by atoms with Crippen molar-refractivity contribution in [3.05, 3.63) is 0 Å². The number of hydrogen-bond donors (Lipinski definition) is 1. The van der Waals surface area contributed by atoms with Crippen LogP contribution in [0.5, 0.6) is 0 Å². The second-order valence-corrected chi connectivity index (χ2v) is 6.33. The number of nitrogens with two attached hydrogens (primary N) is 1. The molecule has 96 valence electrons. The Kier molecular flexibility index (Phi) is 3.01. The van der Waals surface area contributed by atoms with Gasteiger partial charge in [-0.25, -0.2) is 4.79 Å². The van der Waals surface area contributed by atoms with Gasteiger partial charge in [-0.2, -0.15) is 0 Å². The first kappa shape index (κ1) is 11.4. The second-order valence-electron chi connectivity index (χ2n) is 6.33. The Labute approximate surface area is 104 Å². The molecular weight excluding hydrogens is 212 g/mol. The lowest BCUT2D eigenvalue weighted by atomic mass is 9.73. The zero-order chi connectivity index (χ0) is 11.8. The maximum atomic E-state index is 11.7. The smallest absolute Gasteiger partial charge is 0.315 e. The van der Waals surface area contributed by atoms with E-state index in [1.54, 1.807) is 0 Å². The molecular formula is C14H24N2O. The molecule has 6 fully saturated rings. The van der Waals surface area contributed by atoms with Crippen molar-refractivity contribution in [2.24, 2.45) is 17.6 Å². The Morgan fingerprint density at radius 3 is 1.59 bits per heavy atom. The molecule has 4 heterocycles. The summed E-state index contributed by atoms with van der Waals surface area (Å²) >= 11 is 0. The van der Waals surface area contributed by atoms with Gasteiger partial charge in [-0.3, -0.25) is 0 Å². The lowest BCUT2D eigenvalue weighted by Gasteiger charge is -2.46. The van der Waals surface area contributed by atoms with Gasteiger partial charge in [0.05, 0.1) is 0 Å². The predicted octanol–water partition coefficient (Wildman–Crippen LogP) is 2.89. The molecule has 4 aliphatic heterocycles. The summed E-state index contributed by atoms with van der Waals surface area (Å²) in [5.41, 5.74) is 5.63. The molecule has 0 aromatic carbocycles. The Hall–Kier alpha value is -0.730. The van der Waals surface area contributed by atoms with Crippen molar-refractivity contribution in [1.29, 1.82) is 0 Å². The topological polar surface area (TPSA) is 46.3 Å². The van der Waals surface area contributed by atoms with Crippen LogP contribution in [0.1, 0.15) is 57.8 Å². The van der Waals surface area contributed by atoms with Crippen LogP contribution >= 0.6 is 0 Å². The third kappa shape index (κ3) is 2.16. The van der Waals surface area contributed by atoms with E-state index in [0.29, 0.717) is 12.1 Å². The molecule has 0 spiro atoms. The van der Waals surface area contributed by atoms with Crippen LogP contribution in [0.2, 0.25) is 0 Å². The molecule has 2 aliphatic carbocycles. The highest BCUT2D eigenvalue weighted by Gasteiger charge is 2.37. The normalized spacial score (nSPS) is 41.5. The van der Waals surface area contributed by atoms with E-state index in [1.165, 1.54) is 57.8 Å². The van der Waals surface area contributed by atoms with Crippen LogP contribution in [0.3, 0.4) is 0 Å². The van der Waals surface area contributed by atoms with Crippen molar-refractivity contribution in [1.82, 2.24) is 4.90 Å². The molecule has 0 aromatic rings. The van der Waals surface area contributed by atoms with E-state index in [2.05, 4.69) is 4.90 Å². The molecule has 2 saturated carbocycles. The highest BCUT2D eigenvalue weighted by atomic mass is 16.2. The minimum atomic E-state index is -0.169. The van der Waals surface area contributed by atoms with Gasteiger partial charge < -0.3 is 10.6 Å². The van der Waals surface area contributed by atoms with Gasteiger partial charge >= 0.3 is 6.03 Å². The number of amides is 2. The van der Waals surface area contributed by atoms with Gasteiger partial charge in [0.1, 0.15) is 0 Å². The fourth-order valence-corrected chi connectivity index (χ4v) is 4.45. The van der Waals surface area contributed by atoms with Gasteiger partial charge in [0.25, 0.3) is 0 Å². The van der Waals surface area contributed by atoms with Gasteiger partial charge in [-0.05, 0) is 69.6 Å². The molecule has 0 unspecified atom stereocenters. The van der Waals surface area contributed by atoms with E-state index < -0.39 is 0 Å². The fraction of sp³-hybridized carbons (Fsp3) is 0.929. The van der Waals surface area contributed by atoms with E-state index in [1.807, 2.05) is 0 Å². The Bertz CT molecular complexity index is 267. The predicted molar refractivity (Wildman–Crippen MR) is 67.5 cm³/mol. The van der Waals surface area contributed by atoms with E-state index in [0.717, 1.165) is 11.8 Å². The molecule has 0 aromatic heterocycles. The van der Waals surface area contributed by atoms with Crippen molar-refractivity contribution in [2.45, 2.75) is 69.9 Å². The molecule has 4 saturated heterocycles. The van der Waals surface area contributed by atoms with Crippen LogP contribution < -0.4 is 5.73 Å². The van der Waals surface area contributed by atoms with Crippen LogP contribution in [-0.2, 0) is 0 Å². The lowest BCUT2D eigenvalue weighted by molar-refractivity contribution is 0.0651. The number of carbonyl (C=O) groups excluding carboxylic acids is 1. The van der Waals surface area contributed by atoms with Crippen molar-refractivity contribution in [2.75, 3.05) is 0 Å². The van der Waals surface area contributed by atoms with Crippen molar-refractivity contribution < 1.29 is 4.79 Å². The number of urea groups is 1. The van der Waals surface area contributed by atoms with E-state index >= 15 is 0 Å². The Balaban J connectivity index is 1.84. The maximum Gasteiger partial charge on any atom is 0.315 e. The monoisotopic (exact) mass is 236 g/mol. The molecule has 3 heteroatoms. The summed E-state index contributed by atoms with van der Waals surface area (Å²) in [6.07, 6.45) is 11.5. The summed E-state index contributed by atoms with van der Waals surface area (Å²) in [7, 11) is 0. The van der Waals surface area contributed by atoms with Crippen molar-refractivity contribution >= 4 is 6.03 Å². The quantitative estimate of drug-likeness (QED) is 0.690. The van der Waals surface area contributed by atoms with Gasteiger partial charge in [-0.1, -0.05) is 0 Å². The SMILES string of the molecule is NC(=O)N1C2CCC(CC2)CC2CCC1CC2. The van der Waals surface area contributed by atoms with Gasteiger partial charge in [0.15, 0.2) is 0 Å². The number of carbonyl (C=O) groups is 1. The number of rotatable bonds is 0. The second kappa shape index (κ2) is 4.51. The van der Waals surface area contributed by atoms with Gasteiger partial charge in [0.2, 0.25) is 0 Å². The van der Waals surface area contributed by atoms with Crippen LogP contribution in [0.15, 0.2) is 0 Å². The number of primary amides is 1. The molecule has 4 bridgehead atoms. The summed E-state index contributed by atoms with van der Waals surface area (Å²) in [4.78, 5) is 13.8. The Morgan fingerprint density at radius 2 is 1.24 bits per heavy atom. The molecule has 6 rings (SSSR count). The maximum absolute atomic E-state index is 11.7. The van der Waals surface area contributed by atoms with Crippen molar-refractivity contribution in [3.63, 3.8) is 0 Å². The first-order valence-corrected chi connectivity index (χ1v) is 7.32. The number of hydrogen-bond acceptors (Lipinski definition) is 1. The molecule has 17 heavy (non-hydrogen) atoms. The summed E-state index contributed by atoms with van der Waals surface area (Å²) < 4.78 is 0. The molecule has 3 nitrogen and oxygen atoms in total. The largest absolute Gasteiger partial charge is 0.351 e. The van der Waals surface area contributed by atoms with Crippen LogP contribution in [0, 0.1) is 11.8 Å². The molecule has 2 amide bonds. The van der Waals surface area contributed by atoms with E-state index in [4.69, 9.17) is 5.73 Å². The standard InChI is InChI=1S/C14H24N2O/c15-14(17)16-12-5-1-10(2-6-12)9-11-3-7-13(16)8-4-11/h10-13H,1-9H2,(H2,15,17). The van der Waals surface area contributed by atoms with Gasteiger partial charge in [-0.15, -0.1) is 0 Å². The number of nitrogens with zero attached hydrogens (tertiary/aromatic N) is 1. The van der Waals surface area contributed by atoms with E-state index in [-0.39, 0.29) is 6.03 Å². The summed E-state index contributed by atoms with van der Waals surface area (Å²) in [6, 6.07) is 0.726. The molecule has 2 N–H and O–H groups in total. The summed E-state index contributed by atoms with van der Waals surface area (Å²) in [6.45, 7) is 0. The Morgan fingerprint density at radius 1 is 0.824 bits per heavy atom. The highest BCUT2D eigenvalue weighted by Crippen LogP contribution is 2.41. The lowest BCUT2D eigenvalue weighted by Crippen LogP contribution is -2.52. The van der Waals surface area contributed by atoms with E-state index in [9.17, 15) is 4.79 Å². The summed E-state index contributed by atoms with van der Waals surface area (Å²) in [5.74, 6) is 1.86. The van der Waals surface area contributed by atoms with Crippen molar-refractivity contribution in [3.8, 4) is 0 Å². The van der Waals surface area contributed by atoms with Crippen LogP contribution in [-0.4, -0.2) is 23.0 Å². The average molecular weight is 236 g/mol. The minimum absolute atomic E-state index is 0.169. The third-order valence-corrected chi connectivity index (χ3v) is 5.34. The highest BCUT2D eigenvalue weighted by molar-refractivity contribution is 5.72. The van der Waals surface area contributed by atoms with Gasteiger partial charge in [0, 0.05) is 12.1 Å². The minimum Gasteiger partial charge on any atom is -0.351 e. The fourth-order valence-electron chi connectivity index (χ4n) is 4.45. The first-order valence-electron chi connectivity index (χ1n) is 7.32. The first-order chi connectivity index (χ1) is 8.24.